The quantitative estimate of drug-likeness (QED) is 0.241. The molecule has 0 heterocycles. The molecule has 0 unspecified atom stereocenters. The van der Waals surface area contributed by atoms with Gasteiger partial charge in [-0.15, -0.1) is 5.16 Å². The van der Waals surface area contributed by atoms with Gasteiger partial charge in [0.2, 0.25) is 0 Å². The number of nitrogens with zero attached hydrogens (tertiary/aromatic N) is 1. The third kappa shape index (κ3) is 67.8. The van der Waals surface area contributed by atoms with Gasteiger partial charge < -0.3 is 10.0 Å². The van der Waals surface area contributed by atoms with Crippen LogP contribution < -0.4 is 0 Å². The maximum absolute atomic E-state index is 8.81. The second-order valence-electron chi connectivity index (χ2n) is 0.942. The van der Waals surface area contributed by atoms with Crippen molar-refractivity contribution in [3.63, 3.8) is 0 Å². The molecular weight excluding hydrogens is 106 g/mol. The Morgan fingerprint density at radius 3 is 2.12 bits per heavy atom. The average molecular weight is 117 g/mol. The van der Waals surface area contributed by atoms with Gasteiger partial charge in [0.05, 0.1) is 0 Å². The molecule has 0 saturated heterocycles. The van der Waals surface area contributed by atoms with Crippen molar-refractivity contribution < 1.29 is 10.0 Å². The molecule has 0 rings (SSSR count). The maximum atomic E-state index is 8.81. The topological polar surface area (TPSA) is 49.7 Å². The second-order valence-corrected chi connectivity index (χ2v) is 0.942. The van der Waals surface area contributed by atoms with E-state index in [9.17, 15) is 0 Å². The Morgan fingerprint density at radius 1 is 1.75 bits per heavy atom. The molecule has 0 bridgehead atoms. The van der Waals surface area contributed by atoms with Crippen LogP contribution in [0.3, 0.4) is 0 Å². The molecule has 0 aliphatic heterocycles. The smallest absolute Gasteiger partial charge is 0.116 e. The summed E-state index contributed by atoms with van der Waals surface area (Å²) in [5.74, 6) is 0. The van der Waals surface area contributed by atoms with Crippen LogP contribution in [0.5, 0.6) is 0 Å². The lowest BCUT2D eigenvalue weighted by molar-refractivity contribution is -0.106. The van der Waals surface area contributed by atoms with Gasteiger partial charge in [-0.2, -0.15) is 0 Å². The predicted octanol–water partition coefficient (Wildman–Crippen LogP) is 1.06. The molecule has 8 heavy (non-hydrogen) atoms. The van der Waals surface area contributed by atoms with E-state index in [2.05, 4.69) is 5.16 Å². The molecule has 0 radical (unpaired) electrons. The highest BCUT2D eigenvalue weighted by Crippen LogP contribution is 1.60. The lowest BCUT2D eigenvalue weighted by atomic mass is 10.6. The summed E-state index contributed by atoms with van der Waals surface area (Å²) in [7, 11) is 0. The van der Waals surface area contributed by atoms with Crippen molar-refractivity contribution in [1.29, 1.82) is 0 Å². The summed E-state index contributed by atoms with van der Waals surface area (Å²) in [5.41, 5.74) is 0. The van der Waals surface area contributed by atoms with Crippen LogP contribution in [0.1, 0.15) is 20.3 Å². The van der Waals surface area contributed by atoms with Crippen molar-refractivity contribution in [2.45, 2.75) is 20.3 Å². The van der Waals surface area contributed by atoms with Gasteiger partial charge >= 0.3 is 0 Å². The third-order valence-corrected chi connectivity index (χ3v) is 0.264. The highest BCUT2D eigenvalue weighted by molar-refractivity contribution is 5.55. The minimum absolute atomic E-state index is 0.750. The fourth-order valence-electron chi connectivity index (χ4n) is 0.0816. The summed E-state index contributed by atoms with van der Waals surface area (Å²) in [4.78, 5) is 8.81. The van der Waals surface area contributed by atoms with E-state index in [1.165, 1.54) is 13.1 Å². The standard InChI is InChI=1S/C3H7NO.C2H4O/c1-2-3-4-5;1-2-3/h3,5H,2H2,1H3;2H,1H3. The van der Waals surface area contributed by atoms with Gasteiger partial charge in [-0.05, 0) is 13.3 Å². The summed E-state index contributed by atoms with van der Waals surface area (Å²) in [6, 6.07) is 0. The second kappa shape index (κ2) is 16.5. The first-order valence-corrected chi connectivity index (χ1v) is 2.39. The van der Waals surface area contributed by atoms with Crippen LogP contribution >= 0.6 is 0 Å². The van der Waals surface area contributed by atoms with Gasteiger partial charge in [0.25, 0.3) is 0 Å². The minimum atomic E-state index is 0.750. The van der Waals surface area contributed by atoms with E-state index in [1.807, 2.05) is 6.92 Å². The number of carbonyl (C=O) groups excluding carboxylic acids is 1. The van der Waals surface area contributed by atoms with E-state index in [1.54, 1.807) is 0 Å². The van der Waals surface area contributed by atoms with E-state index in [0.29, 0.717) is 0 Å². The maximum Gasteiger partial charge on any atom is 0.116 e. The van der Waals surface area contributed by atoms with Gasteiger partial charge in [0.15, 0.2) is 0 Å². The monoisotopic (exact) mass is 117 g/mol. The normalized spacial score (nSPS) is 7.75. The zero-order chi connectivity index (χ0) is 6.83. The summed E-state index contributed by atoms with van der Waals surface area (Å²) < 4.78 is 0. The summed E-state index contributed by atoms with van der Waals surface area (Å²) >= 11 is 0. The minimum Gasteiger partial charge on any atom is -0.411 e. The first-order chi connectivity index (χ1) is 3.83. The van der Waals surface area contributed by atoms with Crippen molar-refractivity contribution in [2.24, 2.45) is 5.16 Å². The molecule has 0 atom stereocenters. The Morgan fingerprint density at radius 2 is 2.12 bits per heavy atom. The Kier molecular flexibility index (Phi) is 21.0. The largest absolute Gasteiger partial charge is 0.411 e. The number of hydrogen-bond acceptors (Lipinski definition) is 3. The molecule has 0 aromatic carbocycles. The van der Waals surface area contributed by atoms with Gasteiger partial charge in [0.1, 0.15) is 6.29 Å². The molecule has 48 valence electrons. The Hall–Kier alpha value is -0.860. The number of aldehydes is 1. The third-order valence-electron chi connectivity index (χ3n) is 0.264. The van der Waals surface area contributed by atoms with Crippen LogP contribution in [0.4, 0.5) is 0 Å². The number of carbonyl (C=O) groups is 1. The fraction of sp³-hybridized carbons (Fsp3) is 0.600. The molecule has 3 nitrogen and oxygen atoms in total. The van der Waals surface area contributed by atoms with Crippen LogP contribution in [0.25, 0.3) is 0 Å². The lowest BCUT2D eigenvalue weighted by Gasteiger charge is -1.64. The molecule has 0 amide bonds. The summed E-state index contributed by atoms with van der Waals surface area (Å²) in [6.45, 7) is 3.35. The Labute approximate surface area is 49.0 Å². The number of rotatable bonds is 1. The van der Waals surface area contributed by atoms with Crippen LogP contribution in [0, 0.1) is 0 Å². The highest BCUT2D eigenvalue weighted by Gasteiger charge is 1.55. The molecule has 1 N–H and O–H groups in total. The van der Waals surface area contributed by atoms with Gasteiger partial charge in [-0.25, -0.2) is 0 Å². The van der Waals surface area contributed by atoms with Gasteiger partial charge in [-0.1, -0.05) is 6.92 Å². The molecule has 0 aliphatic carbocycles. The van der Waals surface area contributed by atoms with Crippen molar-refractivity contribution in [3.8, 4) is 0 Å². The van der Waals surface area contributed by atoms with Crippen LogP contribution in [-0.2, 0) is 4.79 Å². The highest BCUT2D eigenvalue weighted by atomic mass is 16.4. The summed E-state index contributed by atoms with van der Waals surface area (Å²) in [6.07, 6.45) is 2.98. The van der Waals surface area contributed by atoms with Crippen molar-refractivity contribution in [1.82, 2.24) is 0 Å². The van der Waals surface area contributed by atoms with E-state index in [-0.39, 0.29) is 0 Å². The predicted molar refractivity (Wildman–Crippen MR) is 32.3 cm³/mol. The van der Waals surface area contributed by atoms with E-state index in [4.69, 9.17) is 10.0 Å². The Bertz CT molecular complexity index is 61.4. The van der Waals surface area contributed by atoms with Crippen molar-refractivity contribution in [2.75, 3.05) is 0 Å². The van der Waals surface area contributed by atoms with Crippen molar-refractivity contribution >= 4 is 12.5 Å². The fourth-order valence-corrected chi connectivity index (χ4v) is 0.0816. The van der Waals surface area contributed by atoms with Crippen LogP contribution in [0.15, 0.2) is 5.16 Å². The van der Waals surface area contributed by atoms with Gasteiger partial charge in [0, 0.05) is 6.21 Å². The van der Waals surface area contributed by atoms with Crippen LogP contribution in [0.2, 0.25) is 0 Å². The SMILES string of the molecule is CC=O.CCC=NO. The van der Waals surface area contributed by atoms with E-state index < -0.39 is 0 Å². The summed E-state index contributed by atoms with van der Waals surface area (Å²) in [5, 5.41) is 10.4. The van der Waals surface area contributed by atoms with E-state index >= 15 is 0 Å². The molecule has 3 heteroatoms. The molecule has 0 aliphatic rings. The zero-order valence-corrected chi connectivity index (χ0v) is 5.16. The van der Waals surface area contributed by atoms with Crippen LogP contribution in [-0.4, -0.2) is 17.7 Å². The van der Waals surface area contributed by atoms with Gasteiger partial charge in [-0.3, -0.25) is 0 Å². The zero-order valence-electron chi connectivity index (χ0n) is 5.16. The number of hydrogen-bond donors (Lipinski definition) is 1. The molecule has 0 fully saturated rings. The molecule has 0 saturated carbocycles. The lowest BCUT2D eigenvalue weighted by Crippen LogP contribution is -1.61. The van der Waals surface area contributed by atoms with Crippen molar-refractivity contribution in [3.05, 3.63) is 0 Å². The number of oxime groups is 1. The molecule has 0 aromatic heterocycles. The average Bonchev–Trinajstić information content (AvgIpc) is 1.71. The molecule has 0 spiro atoms. The Balaban J connectivity index is 0. The first-order valence-electron chi connectivity index (χ1n) is 2.39. The molecule has 0 aromatic rings. The first kappa shape index (κ1) is 10.2. The van der Waals surface area contributed by atoms with E-state index in [0.717, 1.165) is 12.7 Å². The molecular formula is C5H11NO2.